The first-order valence-electron chi connectivity index (χ1n) is 7.94. The van der Waals surface area contributed by atoms with E-state index < -0.39 is 5.91 Å². The van der Waals surface area contributed by atoms with E-state index in [2.05, 4.69) is 30.5 Å². The molecule has 3 aromatic heterocycles. The van der Waals surface area contributed by atoms with Gasteiger partial charge in [-0.1, -0.05) is 35.9 Å². The fraction of sp³-hybridized carbons (Fsp3) is 0.0588. The van der Waals surface area contributed by atoms with Crippen LogP contribution < -0.4 is 11.1 Å². The van der Waals surface area contributed by atoms with Crippen LogP contribution in [0.25, 0.3) is 16.7 Å². The van der Waals surface area contributed by atoms with Crippen molar-refractivity contribution in [1.29, 1.82) is 0 Å². The molecule has 0 unspecified atom stereocenters. The number of fused-ring (bicyclic) bond motifs is 1. The molecule has 4 aromatic rings. The third kappa shape index (κ3) is 3.27. The van der Waals surface area contributed by atoms with Gasteiger partial charge < -0.3 is 11.1 Å². The number of carbonyl (C=O) groups excluding carboxylic acids is 1. The van der Waals surface area contributed by atoms with Crippen molar-refractivity contribution in [2.45, 2.75) is 6.54 Å². The lowest BCUT2D eigenvalue weighted by Crippen LogP contribution is -2.26. The highest BCUT2D eigenvalue weighted by Crippen LogP contribution is 2.19. The molecular weight excluding hydrogens is 368 g/mol. The van der Waals surface area contributed by atoms with Crippen LogP contribution in [0.5, 0.6) is 0 Å². The Morgan fingerprint density at radius 3 is 2.70 bits per heavy atom. The van der Waals surface area contributed by atoms with Gasteiger partial charge in [-0.3, -0.25) is 9.78 Å². The van der Waals surface area contributed by atoms with Gasteiger partial charge in [-0.2, -0.15) is 10.2 Å². The zero-order valence-electron chi connectivity index (χ0n) is 13.9. The molecular formula is C17H13ClN8O. The first kappa shape index (κ1) is 16.9. The van der Waals surface area contributed by atoms with Gasteiger partial charge in [0.25, 0.3) is 5.91 Å². The molecule has 0 fully saturated rings. The molecule has 3 N–H and O–H groups in total. The maximum atomic E-state index is 12.5. The summed E-state index contributed by atoms with van der Waals surface area (Å²) in [4.78, 5) is 26.2. The van der Waals surface area contributed by atoms with E-state index in [1.165, 1.54) is 17.2 Å². The molecule has 4 rings (SSSR count). The first-order valence-corrected chi connectivity index (χ1v) is 8.32. The summed E-state index contributed by atoms with van der Waals surface area (Å²) in [6.07, 6.45) is 4.64. The number of nitrogens with zero attached hydrogens (tertiary/aromatic N) is 6. The Balaban J connectivity index is 1.57. The molecule has 0 atom stereocenters. The van der Waals surface area contributed by atoms with Crippen LogP contribution in [0, 0.1) is 0 Å². The summed E-state index contributed by atoms with van der Waals surface area (Å²) in [5, 5.41) is 11.6. The minimum atomic E-state index is -0.491. The van der Waals surface area contributed by atoms with Gasteiger partial charge in [-0.25, -0.2) is 9.97 Å². The molecule has 0 saturated carbocycles. The molecule has 1 aromatic carbocycles. The smallest absolute Gasteiger partial charge is 0.274 e. The second-order valence-electron chi connectivity index (χ2n) is 5.57. The van der Waals surface area contributed by atoms with Crippen molar-refractivity contribution in [1.82, 2.24) is 35.3 Å². The Hall–Kier alpha value is -3.59. The van der Waals surface area contributed by atoms with Crippen molar-refractivity contribution in [3.8, 4) is 5.82 Å². The summed E-state index contributed by atoms with van der Waals surface area (Å²) in [6.45, 7) is 0.258. The van der Waals surface area contributed by atoms with Gasteiger partial charge in [0.2, 0.25) is 5.82 Å². The van der Waals surface area contributed by atoms with E-state index in [9.17, 15) is 4.79 Å². The van der Waals surface area contributed by atoms with Gasteiger partial charge in [0.1, 0.15) is 0 Å². The van der Waals surface area contributed by atoms with Gasteiger partial charge in [0, 0.05) is 18.1 Å². The molecule has 0 aliphatic carbocycles. The number of aromatic nitrogens is 6. The average molecular weight is 381 g/mol. The molecule has 27 heavy (non-hydrogen) atoms. The fourth-order valence-electron chi connectivity index (χ4n) is 2.61. The van der Waals surface area contributed by atoms with Gasteiger partial charge >= 0.3 is 0 Å². The van der Waals surface area contributed by atoms with Crippen LogP contribution in [0.3, 0.4) is 0 Å². The van der Waals surface area contributed by atoms with Gasteiger partial charge in [-0.15, -0.1) is 4.80 Å². The van der Waals surface area contributed by atoms with Crippen LogP contribution in [0.15, 0.2) is 48.9 Å². The lowest BCUT2D eigenvalue weighted by Gasteiger charge is -2.10. The molecule has 134 valence electrons. The highest BCUT2D eigenvalue weighted by atomic mass is 35.5. The Morgan fingerprint density at radius 2 is 1.89 bits per heavy atom. The standard InChI is InChI=1S/C17H13ClN8O/c18-14-16(26-22-7-8-23-26)25-15(19)13(24-14)17(27)21-9-11-4-1-3-10-5-2-6-20-12(10)11/h1-8H,9H2,(H2,19,25)(H,21,27). The van der Waals surface area contributed by atoms with Crippen molar-refractivity contribution in [2.24, 2.45) is 0 Å². The van der Waals surface area contributed by atoms with Crippen molar-refractivity contribution < 1.29 is 4.79 Å². The molecule has 0 saturated heterocycles. The zero-order valence-corrected chi connectivity index (χ0v) is 14.6. The van der Waals surface area contributed by atoms with Crippen molar-refractivity contribution in [3.05, 3.63) is 65.3 Å². The minimum absolute atomic E-state index is 0.0302. The van der Waals surface area contributed by atoms with E-state index in [1.807, 2.05) is 30.3 Å². The second-order valence-corrected chi connectivity index (χ2v) is 5.92. The molecule has 1 amide bonds. The number of pyridine rings is 1. The highest BCUT2D eigenvalue weighted by molar-refractivity contribution is 6.31. The number of hydrogen-bond acceptors (Lipinski definition) is 7. The molecule has 0 aliphatic rings. The van der Waals surface area contributed by atoms with Crippen LogP contribution in [0.2, 0.25) is 5.15 Å². The fourth-order valence-corrected chi connectivity index (χ4v) is 2.81. The summed E-state index contributed by atoms with van der Waals surface area (Å²) in [7, 11) is 0. The first-order chi connectivity index (χ1) is 13.1. The minimum Gasteiger partial charge on any atom is -0.382 e. The van der Waals surface area contributed by atoms with E-state index in [0.29, 0.717) is 0 Å². The number of benzene rings is 1. The quantitative estimate of drug-likeness (QED) is 0.552. The number of carbonyl (C=O) groups is 1. The van der Waals surface area contributed by atoms with E-state index >= 15 is 0 Å². The summed E-state index contributed by atoms with van der Waals surface area (Å²) < 4.78 is 0. The zero-order chi connectivity index (χ0) is 18.8. The summed E-state index contributed by atoms with van der Waals surface area (Å²) in [5.41, 5.74) is 7.51. The van der Waals surface area contributed by atoms with E-state index in [0.717, 1.165) is 16.5 Å². The molecule has 9 nitrogen and oxygen atoms in total. The summed E-state index contributed by atoms with van der Waals surface area (Å²) in [6, 6.07) is 9.57. The average Bonchev–Trinajstić information content (AvgIpc) is 3.22. The number of anilines is 1. The normalized spacial score (nSPS) is 10.9. The third-order valence-electron chi connectivity index (χ3n) is 3.84. The second kappa shape index (κ2) is 6.96. The topological polar surface area (TPSA) is 125 Å². The van der Waals surface area contributed by atoms with E-state index in [-0.39, 0.29) is 29.0 Å². The number of amides is 1. The number of nitrogen functional groups attached to an aromatic ring is 1. The molecule has 3 heterocycles. The van der Waals surface area contributed by atoms with Crippen molar-refractivity contribution in [2.75, 3.05) is 5.73 Å². The Morgan fingerprint density at radius 1 is 1.11 bits per heavy atom. The monoisotopic (exact) mass is 380 g/mol. The van der Waals surface area contributed by atoms with Crippen molar-refractivity contribution in [3.63, 3.8) is 0 Å². The molecule has 0 aliphatic heterocycles. The lowest BCUT2D eigenvalue weighted by molar-refractivity contribution is 0.0946. The lowest BCUT2D eigenvalue weighted by atomic mass is 10.1. The number of rotatable bonds is 4. The van der Waals surface area contributed by atoms with E-state index in [1.54, 1.807) is 6.20 Å². The molecule has 0 spiro atoms. The van der Waals surface area contributed by atoms with Crippen LogP contribution in [0.1, 0.15) is 16.1 Å². The number of halogens is 1. The largest absolute Gasteiger partial charge is 0.382 e. The number of nitrogens with one attached hydrogen (secondary N) is 1. The predicted molar refractivity (Wildman–Crippen MR) is 99.3 cm³/mol. The maximum Gasteiger partial charge on any atom is 0.274 e. The number of para-hydroxylation sites is 1. The Kier molecular flexibility index (Phi) is 4.35. The summed E-state index contributed by atoms with van der Waals surface area (Å²) >= 11 is 6.11. The summed E-state index contributed by atoms with van der Waals surface area (Å²) in [5.74, 6) is -0.413. The molecule has 0 radical (unpaired) electrons. The SMILES string of the molecule is Nc1nc(-n2nccn2)c(Cl)nc1C(=O)NCc1cccc2cccnc12. The van der Waals surface area contributed by atoms with Crippen molar-refractivity contribution >= 4 is 34.2 Å². The van der Waals surface area contributed by atoms with Crippen LogP contribution in [0.4, 0.5) is 5.82 Å². The van der Waals surface area contributed by atoms with Crippen LogP contribution >= 0.6 is 11.6 Å². The third-order valence-corrected chi connectivity index (χ3v) is 4.10. The Labute approximate surface area is 158 Å². The predicted octanol–water partition coefficient (Wildman–Crippen LogP) is 1.77. The molecule has 10 heteroatoms. The number of nitrogens with two attached hydrogens (primary N) is 1. The highest BCUT2D eigenvalue weighted by Gasteiger charge is 2.18. The number of hydrogen-bond donors (Lipinski definition) is 2. The van der Waals surface area contributed by atoms with E-state index in [4.69, 9.17) is 17.3 Å². The van der Waals surface area contributed by atoms with Crippen LogP contribution in [-0.4, -0.2) is 35.9 Å². The van der Waals surface area contributed by atoms with Crippen LogP contribution in [-0.2, 0) is 6.54 Å². The molecule has 0 bridgehead atoms. The van der Waals surface area contributed by atoms with Gasteiger partial charge in [0.15, 0.2) is 16.7 Å². The maximum absolute atomic E-state index is 12.5. The Bertz CT molecular complexity index is 1120. The van der Waals surface area contributed by atoms with Gasteiger partial charge in [-0.05, 0) is 11.6 Å². The van der Waals surface area contributed by atoms with Gasteiger partial charge in [0.05, 0.1) is 17.9 Å².